The maximum Gasteiger partial charge on any atom is 0.168 e. The van der Waals surface area contributed by atoms with E-state index in [0.717, 1.165) is 0 Å². The molecule has 1 aromatic rings. The fourth-order valence-electron chi connectivity index (χ4n) is 2.57. The van der Waals surface area contributed by atoms with E-state index in [0.29, 0.717) is 31.6 Å². The zero-order valence-electron chi connectivity index (χ0n) is 11.7. The number of methoxy groups -OCH3 is 1. The molecule has 1 aliphatic rings. The van der Waals surface area contributed by atoms with Gasteiger partial charge in [-0.2, -0.15) is 0 Å². The third-order valence-corrected chi connectivity index (χ3v) is 4.05. The highest BCUT2D eigenvalue weighted by Crippen LogP contribution is 2.32. The molecule has 5 heteroatoms. The summed E-state index contributed by atoms with van der Waals surface area (Å²) in [6.45, 7) is 1.34. The maximum atomic E-state index is 14.1. The third kappa shape index (κ3) is 2.83. The van der Waals surface area contributed by atoms with Crippen LogP contribution < -0.4 is 10.5 Å². The van der Waals surface area contributed by atoms with Crippen molar-refractivity contribution in [2.24, 2.45) is 11.1 Å². The normalized spacial score (nSPS) is 17.8. The third-order valence-electron chi connectivity index (χ3n) is 4.05. The number of carbonyl (C=O) groups excluding carboxylic acids is 1. The SMILES string of the molecule is COc1cccc(CC(=O)C2(CN)CCOCC2)c1F. The molecule has 0 bridgehead atoms. The van der Waals surface area contributed by atoms with E-state index in [1.807, 2.05) is 0 Å². The van der Waals surface area contributed by atoms with Crippen LogP contribution in [-0.2, 0) is 16.0 Å². The zero-order chi connectivity index (χ0) is 14.6. The number of halogens is 1. The molecule has 0 saturated carbocycles. The van der Waals surface area contributed by atoms with Crippen LogP contribution in [0.2, 0.25) is 0 Å². The molecular formula is C15H20FNO3. The second-order valence-electron chi connectivity index (χ2n) is 5.13. The molecule has 20 heavy (non-hydrogen) atoms. The van der Waals surface area contributed by atoms with E-state index >= 15 is 0 Å². The maximum absolute atomic E-state index is 14.1. The van der Waals surface area contributed by atoms with E-state index in [1.54, 1.807) is 12.1 Å². The number of nitrogens with two attached hydrogens (primary N) is 1. The molecule has 2 rings (SSSR count). The predicted molar refractivity (Wildman–Crippen MR) is 73.2 cm³/mol. The first-order chi connectivity index (χ1) is 9.63. The van der Waals surface area contributed by atoms with Gasteiger partial charge in [-0.05, 0) is 24.5 Å². The summed E-state index contributed by atoms with van der Waals surface area (Å²) in [5.41, 5.74) is 5.57. The molecule has 1 aromatic carbocycles. The molecule has 2 N–H and O–H groups in total. The fraction of sp³-hybridized carbons (Fsp3) is 0.533. The molecule has 1 saturated heterocycles. The van der Waals surface area contributed by atoms with Gasteiger partial charge < -0.3 is 15.2 Å². The number of ketones is 1. The van der Waals surface area contributed by atoms with Crippen molar-refractivity contribution in [1.29, 1.82) is 0 Å². The molecule has 110 valence electrons. The van der Waals surface area contributed by atoms with Crippen molar-refractivity contribution in [2.45, 2.75) is 19.3 Å². The smallest absolute Gasteiger partial charge is 0.168 e. The van der Waals surface area contributed by atoms with Gasteiger partial charge in [-0.25, -0.2) is 4.39 Å². The largest absolute Gasteiger partial charge is 0.494 e. The lowest BCUT2D eigenvalue weighted by molar-refractivity contribution is -0.132. The minimum absolute atomic E-state index is 0.0181. The number of rotatable bonds is 5. The second-order valence-corrected chi connectivity index (χ2v) is 5.13. The molecule has 1 aliphatic heterocycles. The molecule has 0 aliphatic carbocycles. The first-order valence-corrected chi connectivity index (χ1v) is 6.75. The summed E-state index contributed by atoms with van der Waals surface area (Å²) in [7, 11) is 1.41. The molecule has 4 nitrogen and oxygen atoms in total. The Bertz CT molecular complexity index is 484. The summed E-state index contributed by atoms with van der Waals surface area (Å²) >= 11 is 0. The van der Waals surface area contributed by atoms with Gasteiger partial charge in [0.1, 0.15) is 5.78 Å². The summed E-state index contributed by atoms with van der Waals surface area (Å²) in [4.78, 5) is 12.5. The van der Waals surface area contributed by atoms with Crippen LogP contribution in [0.5, 0.6) is 5.75 Å². The Labute approximate surface area is 118 Å². The van der Waals surface area contributed by atoms with Gasteiger partial charge >= 0.3 is 0 Å². The highest BCUT2D eigenvalue weighted by atomic mass is 19.1. The van der Waals surface area contributed by atoms with Crippen LogP contribution in [0.3, 0.4) is 0 Å². The van der Waals surface area contributed by atoms with E-state index in [-0.39, 0.29) is 24.5 Å². The Morgan fingerprint density at radius 2 is 2.15 bits per heavy atom. The lowest BCUT2D eigenvalue weighted by Gasteiger charge is -2.34. The summed E-state index contributed by atoms with van der Waals surface area (Å²) in [6, 6.07) is 4.83. The molecule has 1 fully saturated rings. The van der Waals surface area contributed by atoms with E-state index in [1.165, 1.54) is 13.2 Å². The highest BCUT2D eigenvalue weighted by Gasteiger charge is 2.38. The summed E-state index contributed by atoms with van der Waals surface area (Å²) in [5.74, 6) is -0.331. The number of carbonyl (C=O) groups is 1. The average molecular weight is 281 g/mol. The molecule has 0 amide bonds. The molecule has 1 heterocycles. The van der Waals surface area contributed by atoms with Crippen LogP contribution in [0, 0.1) is 11.2 Å². The number of hydrogen-bond acceptors (Lipinski definition) is 4. The lowest BCUT2D eigenvalue weighted by Crippen LogP contribution is -2.44. The Kier molecular flexibility index (Phi) is 4.73. The lowest BCUT2D eigenvalue weighted by atomic mass is 9.74. The molecule has 0 spiro atoms. The predicted octanol–water partition coefficient (Wildman–Crippen LogP) is 1.70. The first-order valence-electron chi connectivity index (χ1n) is 6.75. The van der Waals surface area contributed by atoms with Crippen LogP contribution in [-0.4, -0.2) is 32.7 Å². The number of ether oxygens (including phenoxy) is 2. The summed E-state index contributed by atoms with van der Waals surface area (Å²) < 4.78 is 24.3. The quantitative estimate of drug-likeness (QED) is 0.892. The second kappa shape index (κ2) is 6.33. The summed E-state index contributed by atoms with van der Waals surface area (Å²) in [5, 5.41) is 0. The van der Waals surface area contributed by atoms with Gasteiger partial charge in [-0.3, -0.25) is 4.79 Å². The Morgan fingerprint density at radius 1 is 1.45 bits per heavy atom. The van der Waals surface area contributed by atoms with E-state index in [4.69, 9.17) is 15.2 Å². The van der Waals surface area contributed by atoms with Gasteiger partial charge in [0.15, 0.2) is 11.6 Å². The molecule has 0 atom stereocenters. The van der Waals surface area contributed by atoms with Gasteiger partial charge in [0.25, 0.3) is 0 Å². The highest BCUT2D eigenvalue weighted by molar-refractivity contribution is 5.87. The van der Waals surface area contributed by atoms with Crippen LogP contribution in [0.4, 0.5) is 4.39 Å². The van der Waals surface area contributed by atoms with Crippen molar-refractivity contribution in [2.75, 3.05) is 26.9 Å². The van der Waals surface area contributed by atoms with Gasteiger partial charge in [0, 0.05) is 31.6 Å². The van der Waals surface area contributed by atoms with Crippen LogP contribution in [0.1, 0.15) is 18.4 Å². The van der Waals surface area contributed by atoms with Gasteiger partial charge in [-0.1, -0.05) is 12.1 Å². The van der Waals surface area contributed by atoms with E-state index in [9.17, 15) is 9.18 Å². The van der Waals surface area contributed by atoms with Crippen molar-refractivity contribution in [3.05, 3.63) is 29.6 Å². The van der Waals surface area contributed by atoms with Crippen molar-refractivity contribution < 1.29 is 18.7 Å². The molecular weight excluding hydrogens is 261 g/mol. The van der Waals surface area contributed by atoms with Crippen molar-refractivity contribution in [1.82, 2.24) is 0 Å². The molecule has 0 unspecified atom stereocenters. The molecule has 0 aromatic heterocycles. The monoisotopic (exact) mass is 281 g/mol. The number of hydrogen-bond donors (Lipinski definition) is 1. The van der Waals surface area contributed by atoms with Crippen LogP contribution in [0.25, 0.3) is 0 Å². The van der Waals surface area contributed by atoms with Crippen molar-refractivity contribution in [3.63, 3.8) is 0 Å². The van der Waals surface area contributed by atoms with Gasteiger partial charge in [0.2, 0.25) is 0 Å². The van der Waals surface area contributed by atoms with Crippen LogP contribution >= 0.6 is 0 Å². The van der Waals surface area contributed by atoms with Gasteiger partial charge in [0.05, 0.1) is 7.11 Å². The topological polar surface area (TPSA) is 61.5 Å². The van der Waals surface area contributed by atoms with Crippen LogP contribution in [0.15, 0.2) is 18.2 Å². The fourth-order valence-corrected chi connectivity index (χ4v) is 2.57. The van der Waals surface area contributed by atoms with Crippen molar-refractivity contribution in [3.8, 4) is 5.75 Å². The Hall–Kier alpha value is -1.46. The Morgan fingerprint density at radius 3 is 2.75 bits per heavy atom. The first kappa shape index (κ1) is 14.9. The van der Waals surface area contributed by atoms with Crippen molar-refractivity contribution >= 4 is 5.78 Å². The van der Waals surface area contributed by atoms with Gasteiger partial charge in [-0.15, -0.1) is 0 Å². The Balaban J connectivity index is 2.18. The minimum Gasteiger partial charge on any atom is -0.494 e. The summed E-state index contributed by atoms with van der Waals surface area (Å²) in [6.07, 6.45) is 1.25. The van der Waals surface area contributed by atoms with E-state index in [2.05, 4.69) is 0 Å². The number of benzene rings is 1. The minimum atomic E-state index is -0.576. The zero-order valence-corrected chi connectivity index (χ0v) is 11.7. The standard InChI is InChI=1S/C15H20FNO3/c1-19-12-4-2-3-11(14(12)16)9-13(18)15(10-17)5-7-20-8-6-15/h2-4H,5-10,17H2,1H3. The van der Waals surface area contributed by atoms with E-state index < -0.39 is 11.2 Å². The number of Topliss-reactive ketones (excluding diaryl/α,β-unsaturated/α-hetero) is 1. The average Bonchev–Trinajstić information content (AvgIpc) is 2.50. The molecule has 0 radical (unpaired) electrons.